The van der Waals surface area contributed by atoms with E-state index in [4.69, 9.17) is 0 Å². The van der Waals surface area contributed by atoms with Gasteiger partial charge in [0.05, 0.1) is 6.10 Å². The third-order valence-corrected chi connectivity index (χ3v) is 4.35. The molecule has 1 N–H and O–H groups in total. The molecule has 1 aliphatic rings. The lowest BCUT2D eigenvalue weighted by atomic mass is 9.89. The number of para-hydroxylation sites is 1. The highest BCUT2D eigenvalue weighted by Gasteiger charge is 2.18. The number of aliphatic hydroxyl groups is 1. The molecule has 2 rings (SSSR count). The van der Waals surface area contributed by atoms with Gasteiger partial charge in [0.2, 0.25) is 0 Å². The van der Waals surface area contributed by atoms with E-state index in [2.05, 4.69) is 30.1 Å². The fourth-order valence-electron chi connectivity index (χ4n) is 3.19. The first kappa shape index (κ1) is 14.4. The van der Waals surface area contributed by atoms with Gasteiger partial charge in [-0.15, -0.1) is 0 Å². The van der Waals surface area contributed by atoms with E-state index in [1.54, 1.807) is 0 Å². The van der Waals surface area contributed by atoms with E-state index < -0.39 is 0 Å². The quantitative estimate of drug-likeness (QED) is 0.861. The molecule has 1 fully saturated rings. The lowest BCUT2D eigenvalue weighted by molar-refractivity contribution is 0.174. The molecule has 1 atom stereocenters. The van der Waals surface area contributed by atoms with Crippen LogP contribution >= 0.6 is 0 Å². The lowest BCUT2D eigenvalue weighted by Gasteiger charge is -2.30. The summed E-state index contributed by atoms with van der Waals surface area (Å²) in [6, 6.07) is 8.28. The van der Waals surface area contributed by atoms with Crippen LogP contribution < -0.4 is 4.90 Å². The molecule has 19 heavy (non-hydrogen) atoms. The summed E-state index contributed by atoms with van der Waals surface area (Å²) in [5.74, 6) is 0.825. The second-order valence-corrected chi connectivity index (χ2v) is 5.87. The van der Waals surface area contributed by atoms with Crippen LogP contribution in [0.3, 0.4) is 0 Å². The van der Waals surface area contributed by atoms with Crippen molar-refractivity contribution in [2.24, 2.45) is 5.92 Å². The first-order valence-corrected chi connectivity index (χ1v) is 7.70. The fraction of sp³-hybridized carbons (Fsp3) is 0.647. The smallest absolute Gasteiger partial charge is 0.0807 e. The summed E-state index contributed by atoms with van der Waals surface area (Å²) >= 11 is 0. The van der Waals surface area contributed by atoms with E-state index in [-0.39, 0.29) is 6.10 Å². The van der Waals surface area contributed by atoms with Crippen molar-refractivity contribution in [3.05, 3.63) is 29.8 Å². The summed E-state index contributed by atoms with van der Waals surface area (Å²) in [5, 5.41) is 10.1. The molecule has 1 aliphatic carbocycles. The molecule has 1 saturated carbocycles. The van der Waals surface area contributed by atoms with E-state index >= 15 is 0 Å². The van der Waals surface area contributed by atoms with Crippen LogP contribution in [-0.4, -0.2) is 18.7 Å². The van der Waals surface area contributed by atoms with Crippen molar-refractivity contribution in [3.8, 4) is 0 Å². The van der Waals surface area contributed by atoms with Crippen LogP contribution in [0, 0.1) is 5.92 Å². The highest BCUT2D eigenvalue weighted by atomic mass is 16.3. The molecule has 106 valence electrons. The Kier molecular flexibility index (Phi) is 5.26. The molecular weight excluding hydrogens is 234 g/mol. The second kappa shape index (κ2) is 6.95. The number of aliphatic hydroxyl groups excluding tert-OH is 1. The molecule has 1 aromatic carbocycles. The summed E-state index contributed by atoms with van der Waals surface area (Å²) in [5.41, 5.74) is 2.27. The molecule has 0 bridgehead atoms. The minimum atomic E-state index is -0.343. The standard InChI is InChI=1S/C17H27NO/c1-3-17(19)15-11-7-8-12-16(15)18(2)13-14-9-5-4-6-10-14/h7-8,11-12,14,17,19H,3-6,9-10,13H2,1-2H3. The molecule has 1 aromatic rings. The number of rotatable bonds is 5. The first-order valence-electron chi connectivity index (χ1n) is 7.70. The summed E-state index contributed by atoms with van der Waals surface area (Å²) in [7, 11) is 2.16. The van der Waals surface area contributed by atoms with Crippen molar-refractivity contribution in [1.29, 1.82) is 0 Å². The van der Waals surface area contributed by atoms with Crippen molar-refractivity contribution in [2.75, 3.05) is 18.5 Å². The average molecular weight is 261 g/mol. The minimum absolute atomic E-state index is 0.343. The Morgan fingerprint density at radius 1 is 1.21 bits per heavy atom. The number of anilines is 1. The maximum atomic E-state index is 10.1. The Labute approximate surface area is 117 Å². The van der Waals surface area contributed by atoms with Crippen molar-refractivity contribution in [3.63, 3.8) is 0 Å². The van der Waals surface area contributed by atoms with E-state index in [0.29, 0.717) is 0 Å². The molecule has 0 saturated heterocycles. The van der Waals surface area contributed by atoms with Crippen LogP contribution in [-0.2, 0) is 0 Å². The van der Waals surface area contributed by atoms with Crippen molar-refractivity contribution < 1.29 is 5.11 Å². The summed E-state index contributed by atoms with van der Waals surface area (Å²) in [4.78, 5) is 2.34. The predicted octanol–water partition coefficient (Wildman–Crippen LogP) is 4.15. The molecule has 0 radical (unpaired) electrons. The van der Waals surface area contributed by atoms with Gasteiger partial charge in [-0.25, -0.2) is 0 Å². The molecule has 0 aliphatic heterocycles. The Hall–Kier alpha value is -1.02. The summed E-state index contributed by atoms with van der Waals surface area (Å²) < 4.78 is 0. The lowest BCUT2D eigenvalue weighted by Crippen LogP contribution is -2.27. The zero-order valence-electron chi connectivity index (χ0n) is 12.3. The zero-order chi connectivity index (χ0) is 13.7. The Bertz CT molecular complexity index is 385. The minimum Gasteiger partial charge on any atom is -0.388 e. The van der Waals surface area contributed by atoms with Crippen molar-refractivity contribution >= 4 is 5.69 Å². The molecule has 2 heteroatoms. The molecule has 0 heterocycles. The van der Waals surface area contributed by atoms with Crippen LogP contribution in [0.4, 0.5) is 5.69 Å². The number of nitrogens with zero attached hydrogens (tertiary/aromatic N) is 1. The molecule has 1 unspecified atom stereocenters. The van der Waals surface area contributed by atoms with Gasteiger partial charge >= 0.3 is 0 Å². The van der Waals surface area contributed by atoms with Gasteiger partial charge in [-0.3, -0.25) is 0 Å². The molecule has 2 nitrogen and oxygen atoms in total. The average Bonchev–Trinajstić information content (AvgIpc) is 2.47. The second-order valence-electron chi connectivity index (χ2n) is 5.87. The van der Waals surface area contributed by atoms with E-state index in [0.717, 1.165) is 24.4 Å². The normalized spacial score (nSPS) is 18.3. The van der Waals surface area contributed by atoms with Crippen LogP contribution in [0.2, 0.25) is 0 Å². The van der Waals surface area contributed by atoms with Gasteiger partial charge in [-0.05, 0) is 31.2 Å². The van der Waals surface area contributed by atoms with Crippen LogP contribution in [0.1, 0.15) is 57.1 Å². The van der Waals surface area contributed by atoms with Gasteiger partial charge < -0.3 is 10.0 Å². The molecule has 0 aromatic heterocycles. The van der Waals surface area contributed by atoms with Gasteiger partial charge in [0, 0.05) is 24.8 Å². The number of hydrogen-bond donors (Lipinski definition) is 1. The highest BCUT2D eigenvalue weighted by Crippen LogP contribution is 2.30. The van der Waals surface area contributed by atoms with Crippen LogP contribution in [0.15, 0.2) is 24.3 Å². The van der Waals surface area contributed by atoms with Crippen molar-refractivity contribution in [1.82, 2.24) is 0 Å². The summed E-state index contributed by atoms with van der Waals surface area (Å²) in [6.45, 7) is 3.15. The van der Waals surface area contributed by atoms with E-state index in [1.165, 1.54) is 37.8 Å². The van der Waals surface area contributed by atoms with Gasteiger partial charge in [0.1, 0.15) is 0 Å². The van der Waals surface area contributed by atoms with E-state index in [1.807, 2.05) is 13.0 Å². The Morgan fingerprint density at radius 3 is 2.58 bits per heavy atom. The highest BCUT2D eigenvalue weighted by molar-refractivity contribution is 5.54. The number of hydrogen-bond acceptors (Lipinski definition) is 2. The van der Waals surface area contributed by atoms with Gasteiger partial charge in [0.15, 0.2) is 0 Å². The zero-order valence-corrected chi connectivity index (χ0v) is 12.3. The maximum absolute atomic E-state index is 10.1. The SMILES string of the molecule is CCC(O)c1ccccc1N(C)CC1CCCCC1. The third-order valence-electron chi connectivity index (χ3n) is 4.35. The maximum Gasteiger partial charge on any atom is 0.0807 e. The van der Waals surface area contributed by atoms with E-state index in [9.17, 15) is 5.11 Å². The largest absolute Gasteiger partial charge is 0.388 e. The molecule has 0 amide bonds. The van der Waals surface area contributed by atoms with Gasteiger partial charge in [0.25, 0.3) is 0 Å². The van der Waals surface area contributed by atoms with Crippen LogP contribution in [0.25, 0.3) is 0 Å². The first-order chi connectivity index (χ1) is 9.22. The summed E-state index contributed by atoms with van der Waals surface area (Å²) in [6.07, 6.45) is 7.34. The van der Waals surface area contributed by atoms with Crippen molar-refractivity contribution in [2.45, 2.75) is 51.6 Å². The topological polar surface area (TPSA) is 23.5 Å². The fourth-order valence-corrected chi connectivity index (χ4v) is 3.19. The Morgan fingerprint density at radius 2 is 1.89 bits per heavy atom. The van der Waals surface area contributed by atoms with Gasteiger partial charge in [-0.1, -0.05) is 44.4 Å². The molecular formula is C17H27NO. The van der Waals surface area contributed by atoms with Crippen LogP contribution in [0.5, 0.6) is 0 Å². The Balaban J connectivity index is 2.07. The third kappa shape index (κ3) is 3.73. The monoisotopic (exact) mass is 261 g/mol. The predicted molar refractivity (Wildman–Crippen MR) is 81.5 cm³/mol. The molecule has 0 spiro atoms. The van der Waals surface area contributed by atoms with Gasteiger partial charge in [-0.2, -0.15) is 0 Å². The number of benzene rings is 1.